The maximum Gasteiger partial charge on any atom is -0.00494 e. The van der Waals surface area contributed by atoms with Crippen LogP contribution in [-0.4, -0.2) is 13.6 Å². The molecule has 0 saturated heterocycles. The van der Waals surface area contributed by atoms with Gasteiger partial charge in [0.25, 0.3) is 0 Å². The van der Waals surface area contributed by atoms with Gasteiger partial charge in [-0.3, -0.25) is 0 Å². The monoisotopic (exact) mass is 193 g/mol. The SMILES string of the molecule is CNCCC(C)CC(C)(C)C.Cl. The van der Waals surface area contributed by atoms with Crippen LogP contribution >= 0.6 is 12.4 Å². The molecule has 76 valence electrons. The van der Waals surface area contributed by atoms with Gasteiger partial charge in [0.05, 0.1) is 0 Å². The van der Waals surface area contributed by atoms with Crippen LogP contribution in [0.25, 0.3) is 0 Å². The number of hydrogen-bond acceptors (Lipinski definition) is 1. The molecule has 0 spiro atoms. The third-order valence-corrected chi connectivity index (χ3v) is 1.85. The van der Waals surface area contributed by atoms with Crippen LogP contribution in [-0.2, 0) is 0 Å². The van der Waals surface area contributed by atoms with Crippen LogP contribution in [0.15, 0.2) is 0 Å². The summed E-state index contributed by atoms with van der Waals surface area (Å²) in [5, 5.41) is 3.18. The fraction of sp³-hybridized carbons (Fsp3) is 1.00. The molecule has 1 nitrogen and oxygen atoms in total. The summed E-state index contributed by atoms with van der Waals surface area (Å²) in [4.78, 5) is 0. The maximum atomic E-state index is 3.18. The summed E-state index contributed by atoms with van der Waals surface area (Å²) in [6, 6.07) is 0. The third kappa shape index (κ3) is 10.2. The van der Waals surface area contributed by atoms with Crippen molar-refractivity contribution in [3.63, 3.8) is 0 Å². The van der Waals surface area contributed by atoms with E-state index < -0.39 is 0 Å². The van der Waals surface area contributed by atoms with Crippen molar-refractivity contribution in [2.75, 3.05) is 13.6 Å². The van der Waals surface area contributed by atoms with Gasteiger partial charge < -0.3 is 5.32 Å². The highest BCUT2D eigenvalue weighted by atomic mass is 35.5. The van der Waals surface area contributed by atoms with E-state index in [1.54, 1.807) is 0 Å². The van der Waals surface area contributed by atoms with E-state index in [1.807, 2.05) is 7.05 Å². The molecule has 0 bridgehead atoms. The zero-order valence-corrected chi connectivity index (χ0v) is 9.92. The third-order valence-electron chi connectivity index (χ3n) is 1.85. The van der Waals surface area contributed by atoms with Crippen LogP contribution in [0.5, 0.6) is 0 Å². The van der Waals surface area contributed by atoms with Crippen LogP contribution in [0.2, 0.25) is 0 Å². The van der Waals surface area contributed by atoms with Crippen molar-refractivity contribution in [2.24, 2.45) is 11.3 Å². The molecule has 0 heterocycles. The average Bonchev–Trinajstić information content (AvgIpc) is 1.79. The Hall–Kier alpha value is 0.250. The summed E-state index contributed by atoms with van der Waals surface area (Å²) in [6.45, 7) is 10.4. The van der Waals surface area contributed by atoms with Crippen LogP contribution in [0, 0.1) is 11.3 Å². The smallest absolute Gasteiger partial charge is 0.00494 e. The fourth-order valence-corrected chi connectivity index (χ4v) is 1.54. The molecule has 0 amide bonds. The molecule has 2 heteroatoms. The quantitative estimate of drug-likeness (QED) is 0.724. The number of hydrogen-bond donors (Lipinski definition) is 1. The lowest BCUT2D eigenvalue weighted by atomic mass is 9.84. The minimum atomic E-state index is 0. The van der Waals surface area contributed by atoms with Crippen molar-refractivity contribution in [1.29, 1.82) is 0 Å². The Kier molecular flexibility index (Phi) is 8.28. The molecule has 0 radical (unpaired) electrons. The van der Waals surface area contributed by atoms with E-state index in [1.165, 1.54) is 12.8 Å². The zero-order chi connectivity index (χ0) is 8.91. The van der Waals surface area contributed by atoms with Crippen molar-refractivity contribution >= 4 is 12.4 Å². The summed E-state index contributed by atoms with van der Waals surface area (Å²) < 4.78 is 0. The Bertz CT molecular complexity index is 96.5. The molecule has 1 unspecified atom stereocenters. The molecule has 0 aliphatic heterocycles. The lowest BCUT2D eigenvalue weighted by molar-refractivity contribution is 0.296. The number of halogens is 1. The van der Waals surface area contributed by atoms with Crippen LogP contribution in [0.4, 0.5) is 0 Å². The van der Waals surface area contributed by atoms with Crippen LogP contribution in [0.1, 0.15) is 40.5 Å². The predicted molar refractivity (Wildman–Crippen MR) is 59.0 cm³/mol. The highest BCUT2D eigenvalue weighted by Crippen LogP contribution is 2.25. The molecular formula is C10H24ClN. The maximum absolute atomic E-state index is 3.18. The Morgan fingerprint density at radius 1 is 1.25 bits per heavy atom. The molecule has 0 aromatic rings. The van der Waals surface area contributed by atoms with E-state index in [0.717, 1.165) is 12.5 Å². The first-order valence-electron chi connectivity index (χ1n) is 4.60. The normalized spacial score (nSPS) is 13.8. The first-order chi connectivity index (χ1) is 4.95. The molecule has 0 aliphatic rings. The Balaban J connectivity index is 0. The fourth-order valence-electron chi connectivity index (χ4n) is 1.54. The van der Waals surface area contributed by atoms with Gasteiger partial charge in [-0.1, -0.05) is 27.7 Å². The molecular weight excluding hydrogens is 170 g/mol. The Morgan fingerprint density at radius 2 is 1.75 bits per heavy atom. The van der Waals surface area contributed by atoms with Crippen molar-refractivity contribution in [3.05, 3.63) is 0 Å². The predicted octanol–water partition coefficient (Wildman–Crippen LogP) is 3.09. The second-order valence-electron chi connectivity index (χ2n) is 4.76. The van der Waals surface area contributed by atoms with Gasteiger partial charge in [-0.15, -0.1) is 12.4 Å². The van der Waals surface area contributed by atoms with E-state index in [2.05, 4.69) is 33.0 Å². The van der Waals surface area contributed by atoms with Gasteiger partial charge in [0.1, 0.15) is 0 Å². The summed E-state index contributed by atoms with van der Waals surface area (Å²) >= 11 is 0. The number of nitrogens with one attached hydrogen (secondary N) is 1. The second kappa shape index (κ2) is 6.73. The van der Waals surface area contributed by atoms with Gasteiger partial charge in [0.15, 0.2) is 0 Å². The first-order valence-corrected chi connectivity index (χ1v) is 4.60. The van der Waals surface area contributed by atoms with Crippen molar-refractivity contribution in [3.8, 4) is 0 Å². The molecule has 0 fully saturated rings. The van der Waals surface area contributed by atoms with E-state index in [9.17, 15) is 0 Å². The van der Waals surface area contributed by atoms with Crippen LogP contribution in [0.3, 0.4) is 0 Å². The van der Waals surface area contributed by atoms with Crippen molar-refractivity contribution in [1.82, 2.24) is 5.32 Å². The topological polar surface area (TPSA) is 12.0 Å². The molecule has 0 aromatic carbocycles. The van der Waals surface area contributed by atoms with E-state index >= 15 is 0 Å². The minimum Gasteiger partial charge on any atom is -0.320 e. The van der Waals surface area contributed by atoms with Gasteiger partial charge >= 0.3 is 0 Å². The van der Waals surface area contributed by atoms with Gasteiger partial charge in [0, 0.05) is 0 Å². The van der Waals surface area contributed by atoms with Gasteiger partial charge in [-0.25, -0.2) is 0 Å². The lowest BCUT2D eigenvalue weighted by Gasteiger charge is -2.22. The molecule has 0 saturated carbocycles. The molecule has 1 atom stereocenters. The van der Waals surface area contributed by atoms with Gasteiger partial charge in [-0.2, -0.15) is 0 Å². The summed E-state index contributed by atoms with van der Waals surface area (Å²) in [6.07, 6.45) is 2.63. The Morgan fingerprint density at radius 3 is 2.08 bits per heavy atom. The standard InChI is InChI=1S/C10H23N.ClH/c1-9(6-7-11-5)8-10(2,3)4;/h9,11H,6-8H2,1-5H3;1H. The second-order valence-corrected chi connectivity index (χ2v) is 4.76. The molecule has 0 aromatic heterocycles. The minimum absolute atomic E-state index is 0. The summed E-state index contributed by atoms with van der Waals surface area (Å²) in [5.74, 6) is 0.849. The molecule has 0 aliphatic carbocycles. The van der Waals surface area contributed by atoms with Crippen molar-refractivity contribution < 1.29 is 0 Å². The van der Waals surface area contributed by atoms with E-state index in [0.29, 0.717) is 5.41 Å². The number of rotatable bonds is 4. The van der Waals surface area contributed by atoms with Crippen LogP contribution < -0.4 is 5.32 Å². The largest absolute Gasteiger partial charge is 0.320 e. The summed E-state index contributed by atoms with van der Waals surface area (Å²) in [5.41, 5.74) is 0.493. The highest BCUT2D eigenvalue weighted by molar-refractivity contribution is 5.85. The Labute approximate surface area is 83.7 Å². The molecule has 1 N–H and O–H groups in total. The van der Waals surface area contributed by atoms with Gasteiger partial charge in [0.2, 0.25) is 0 Å². The molecule has 0 rings (SSSR count). The summed E-state index contributed by atoms with van der Waals surface area (Å²) in [7, 11) is 2.02. The van der Waals surface area contributed by atoms with Crippen molar-refractivity contribution in [2.45, 2.75) is 40.5 Å². The lowest BCUT2D eigenvalue weighted by Crippen LogP contribution is -2.16. The average molecular weight is 194 g/mol. The van der Waals surface area contributed by atoms with E-state index in [4.69, 9.17) is 0 Å². The molecule has 12 heavy (non-hydrogen) atoms. The zero-order valence-electron chi connectivity index (χ0n) is 9.11. The highest BCUT2D eigenvalue weighted by Gasteiger charge is 2.14. The van der Waals surface area contributed by atoms with Gasteiger partial charge in [-0.05, 0) is 37.8 Å². The first kappa shape index (κ1) is 14.8. The van der Waals surface area contributed by atoms with E-state index in [-0.39, 0.29) is 12.4 Å².